The number of benzene rings is 2. The molecule has 29 heavy (non-hydrogen) atoms. The molecule has 1 amide bonds. The van der Waals surface area contributed by atoms with Crippen molar-refractivity contribution in [3.05, 3.63) is 86.1 Å². The fraction of sp³-hybridized carbons (Fsp3) is 0.105. The summed E-state index contributed by atoms with van der Waals surface area (Å²) in [5.74, 6) is -0.438. The van der Waals surface area contributed by atoms with Gasteiger partial charge in [0.05, 0.1) is 22.8 Å². The molecule has 10 heteroatoms. The van der Waals surface area contributed by atoms with Gasteiger partial charge in [0.2, 0.25) is 0 Å². The number of nitro benzene ring substituents is 1. The van der Waals surface area contributed by atoms with Gasteiger partial charge < -0.3 is 10.6 Å². The maximum absolute atomic E-state index is 12.8. The Morgan fingerprint density at radius 2 is 2.03 bits per heavy atom. The highest BCUT2D eigenvalue weighted by Crippen LogP contribution is 2.28. The van der Waals surface area contributed by atoms with Gasteiger partial charge >= 0.3 is 0 Å². The summed E-state index contributed by atoms with van der Waals surface area (Å²) in [5, 5.41) is 21.7. The first-order valence-corrected chi connectivity index (χ1v) is 9.25. The molecule has 0 aliphatic carbocycles. The van der Waals surface area contributed by atoms with Crippen molar-refractivity contribution < 1.29 is 9.72 Å². The van der Waals surface area contributed by atoms with Gasteiger partial charge in [-0.3, -0.25) is 14.9 Å². The number of nitro groups is 1. The summed E-state index contributed by atoms with van der Waals surface area (Å²) in [6.45, 7) is 1.72. The number of carbonyl (C=O) groups is 1. The van der Waals surface area contributed by atoms with Crippen LogP contribution in [0.25, 0.3) is 0 Å². The Balaban J connectivity index is 1.83. The number of thiocarbonyl (C=S) groups is 1. The van der Waals surface area contributed by atoms with Crippen LogP contribution in [0, 0.1) is 10.1 Å². The summed E-state index contributed by atoms with van der Waals surface area (Å²) >= 11 is 11.1. The van der Waals surface area contributed by atoms with Crippen molar-refractivity contribution in [1.29, 1.82) is 0 Å². The lowest BCUT2D eigenvalue weighted by Gasteiger charge is -2.29. The van der Waals surface area contributed by atoms with Crippen LogP contribution in [0.2, 0.25) is 5.02 Å². The number of hydrogen-bond donors (Lipinski definition) is 3. The third-order valence-corrected chi connectivity index (χ3v) is 4.63. The first-order valence-electron chi connectivity index (χ1n) is 8.47. The molecule has 0 bridgehead atoms. The monoisotopic (exact) mass is 429 g/mol. The van der Waals surface area contributed by atoms with Crippen molar-refractivity contribution >= 4 is 46.7 Å². The van der Waals surface area contributed by atoms with Crippen LogP contribution in [-0.2, 0) is 4.79 Å². The standard InChI is InChI=1S/C19H16ClN5O3S/c1-11-16(18(26)24-21-10-12-3-2-4-14(20)9-12)17(23-19(29)22-11)13-5-7-15(8-6-13)25(27)28/h2-10,17H,1H3,(H,24,26)(H2,22,23,29)/b21-10+. The van der Waals surface area contributed by atoms with E-state index in [1.54, 1.807) is 43.3 Å². The number of amides is 1. The number of hydrazone groups is 1. The zero-order valence-electron chi connectivity index (χ0n) is 15.2. The maximum Gasteiger partial charge on any atom is 0.271 e. The molecule has 2 aromatic carbocycles. The minimum absolute atomic E-state index is 0.0388. The van der Waals surface area contributed by atoms with Crippen LogP contribution in [0.4, 0.5) is 5.69 Å². The van der Waals surface area contributed by atoms with E-state index in [1.807, 2.05) is 0 Å². The molecule has 1 unspecified atom stereocenters. The number of carbonyl (C=O) groups excluding carboxylic acids is 1. The molecule has 0 spiro atoms. The Hall–Kier alpha value is -3.30. The summed E-state index contributed by atoms with van der Waals surface area (Å²) in [7, 11) is 0. The lowest BCUT2D eigenvalue weighted by Crippen LogP contribution is -2.46. The number of halogens is 1. The highest BCUT2D eigenvalue weighted by molar-refractivity contribution is 7.80. The molecule has 0 aromatic heterocycles. The summed E-state index contributed by atoms with van der Waals surface area (Å²) in [4.78, 5) is 23.2. The average Bonchev–Trinajstić information content (AvgIpc) is 2.67. The van der Waals surface area contributed by atoms with Crippen LogP contribution in [0.15, 0.2) is 64.9 Å². The minimum atomic E-state index is -0.578. The Morgan fingerprint density at radius 1 is 1.31 bits per heavy atom. The zero-order chi connectivity index (χ0) is 21.0. The lowest BCUT2D eigenvalue weighted by molar-refractivity contribution is -0.384. The van der Waals surface area contributed by atoms with Crippen LogP contribution >= 0.6 is 23.8 Å². The third-order valence-electron chi connectivity index (χ3n) is 4.18. The van der Waals surface area contributed by atoms with Crippen LogP contribution in [0.1, 0.15) is 24.1 Å². The van der Waals surface area contributed by atoms with E-state index in [2.05, 4.69) is 21.2 Å². The van der Waals surface area contributed by atoms with Gasteiger partial charge in [-0.2, -0.15) is 5.10 Å². The van der Waals surface area contributed by atoms with E-state index in [1.165, 1.54) is 18.3 Å². The second kappa shape index (κ2) is 8.80. The number of allylic oxidation sites excluding steroid dienone is 1. The fourth-order valence-electron chi connectivity index (χ4n) is 2.85. The fourth-order valence-corrected chi connectivity index (χ4v) is 3.32. The maximum atomic E-state index is 12.8. The van der Waals surface area contributed by atoms with E-state index < -0.39 is 16.9 Å². The van der Waals surface area contributed by atoms with E-state index in [9.17, 15) is 14.9 Å². The highest BCUT2D eigenvalue weighted by Gasteiger charge is 2.30. The molecule has 148 valence electrons. The van der Waals surface area contributed by atoms with Crippen molar-refractivity contribution in [3.8, 4) is 0 Å². The molecule has 0 saturated carbocycles. The predicted octanol–water partition coefficient (Wildman–Crippen LogP) is 3.19. The van der Waals surface area contributed by atoms with E-state index >= 15 is 0 Å². The molecule has 8 nitrogen and oxygen atoms in total. The largest absolute Gasteiger partial charge is 0.351 e. The van der Waals surface area contributed by atoms with Gasteiger partial charge in [-0.1, -0.05) is 23.7 Å². The van der Waals surface area contributed by atoms with Gasteiger partial charge in [-0.05, 0) is 54.5 Å². The van der Waals surface area contributed by atoms with Crippen molar-refractivity contribution in [1.82, 2.24) is 16.1 Å². The predicted molar refractivity (Wildman–Crippen MR) is 115 cm³/mol. The summed E-state index contributed by atoms with van der Waals surface area (Å²) < 4.78 is 0. The van der Waals surface area contributed by atoms with Gasteiger partial charge in [-0.25, -0.2) is 5.43 Å². The van der Waals surface area contributed by atoms with Crippen LogP contribution in [-0.4, -0.2) is 22.2 Å². The van der Waals surface area contributed by atoms with Gasteiger partial charge in [0, 0.05) is 22.9 Å². The number of non-ortho nitro benzene ring substituents is 1. The van der Waals surface area contributed by atoms with E-state index in [0.717, 1.165) is 5.56 Å². The van der Waals surface area contributed by atoms with E-state index in [-0.39, 0.29) is 5.69 Å². The lowest BCUT2D eigenvalue weighted by atomic mass is 9.95. The number of rotatable bonds is 5. The van der Waals surface area contributed by atoms with Gasteiger partial charge in [0.1, 0.15) is 0 Å². The molecule has 0 fully saturated rings. The molecule has 1 aliphatic rings. The average molecular weight is 430 g/mol. The Labute approximate surface area is 176 Å². The minimum Gasteiger partial charge on any atom is -0.351 e. The number of nitrogens with one attached hydrogen (secondary N) is 3. The second-order valence-corrected chi connectivity index (χ2v) is 7.02. The topological polar surface area (TPSA) is 109 Å². The molecular formula is C19H16ClN5O3S. The molecule has 1 atom stereocenters. The first-order chi connectivity index (χ1) is 13.8. The molecular weight excluding hydrogens is 414 g/mol. The van der Waals surface area contributed by atoms with E-state index in [4.69, 9.17) is 23.8 Å². The van der Waals surface area contributed by atoms with Gasteiger partial charge in [0.25, 0.3) is 11.6 Å². The molecule has 3 rings (SSSR count). The third kappa shape index (κ3) is 4.95. The zero-order valence-corrected chi connectivity index (χ0v) is 16.8. The molecule has 0 saturated heterocycles. The Morgan fingerprint density at radius 3 is 2.69 bits per heavy atom. The normalized spacial score (nSPS) is 16.3. The molecule has 1 aliphatic heterocycles. The van der Waals surface area contributed by atoms with E-state index in [0.29, 0.717) is 27.0 Å². The quantitative estimate of drug-likeness (QED) is 0.291. The molecule has 0 radical (unpaired) electrons. The van der Waals surface area contributed by atoms with Crippen molar-refractivity contribution in [2.24, 2.45) is 5.10 Å². The Bertz CT molecular complexity index is 1040. The van der Waals surface area contributed by atoms with Crippen molar-refractivity contribution in [3.63, 3.8) is 0 Å². The number of hydrogen-bond acceptors (Lipinski definition) is 5. The molecule has 3 N–H and O–H groups in total. The molecule has 1 heterocycles. The smallest absolute Gasteiger partial charge is 0.271 e. The van der Waals surface area contributed by atoms with Crippen LogP contribution in [0.3, 0.4) is 0 Å². The SMILES string of the molecule is CC1=C(C(=O)N/N=C/c2cccc(Cl)c2)C(c2ccc([N+](=O)[O-])cc2)NC(=S)N1. The van der Waals surface area contributed by atoms with Gasteiger partial charge in [-0.15, -0.1) is 0 Å². The summed E-state index contributed by atoms with van der Waals surface area (Å²) in [5.41, 5.74) is 4.78. The van der Waals surface area contributed by atoms with Crippen LogP contribution in [0.5, 0.6) is 0 Å². The van der Waals surface area contributed by atoms with Crippen molar-refractivity contribution in [2.45, 2.75) is 13.0 Å². The summed E-state index contributed by atoms with van der Waals surface area (Å²) in [6.07, 6.45) is 1.48. The first kappa shape index (κ1) is 20.4. The summed E-state index contributed by atoms with van der Waals surface area (Å²) in [6, 6.07) is 12.4. The van der Waals surface area contributed by atoms with Crippen LogP contribution < -0.4 is 16.1 Å². The Kier molecular flexibility index (Phi) is 6.20. The second-order valence-electron chi connectivity index (χ2n) is 6.17. The highest BCUT2D eigenvalue weighted by atomic mass is 35.5. The van der Waals surface area contributed by atoms with Crippen molar-refractivity contribution in [2.75, 3.05) is 0 Å². The molecule has 2 aromatic rings. The van der Waals surface area contributed by atoms with Gasteiger partial charge in [0.15, 0.2) is 5.11 Å². The number of nitrogens with zero attached hydrogens (tertiary/aromatic N) is 2.